The normalized spacial score (nSPS) is 10.9. The van der Waals surface area contributed by atoms with Gasteiger partial charge < -0.3 is 10.2 Å². The molecule has 5 heteroatoms. The number of aromatic nitrogens is 2. The maximum Gasteiger partial charge on any atom is 0.221 e. The van der Waals surface area contributed by atoms with E-state index >= 15 is 0 Å². The second-order valence-electron chi connectivity index (χ2n) is 3.85. The minimum atomic E-state index is 0.289. The number of nitrogens with two attached hydrogens (primary N) is 1. The standard InChI is InChI=1S/C13H11N3OS/c1-8-11(6-7-17-8)18-12-9-4-2-3-5-10(9)15-13(14)16-12/h2-7H,1H3,(H2,14,15,16). The van der Waals surface area contributed by atoms with Crippen molar-refractivity contribution >= 4 is 28.6 Å². The van der Waals surface area contributed by atoms with Crippen molar-refractivity contribution in [2.45, 2.75) is 16.8 Å². The minimum Gasteiger partial charge on any atom is -0.468 e. The Morgan fingerprint density at radius 1 is 1.17 bits per heavy atom. The molecule has 0 aliphatic carbocycles. The first-order valence-corrected chi connectivity index (χ1v) is 6.30. The zero-order valence-electron chi connectivity index (χ0n) is 9.75. The number of aryl methyl sites for hydroxylation is 1. The van der Waals surface area contributed by atoms with E-state index in [-0.39, 0.29) is 5.95 Å². The summed E-state index contributed by atoms with van der Waals surface area (Å²) in [6.07, 6.45) is 1.67. The summed E-state index contributed by atoms with van der Waals surface area (Å²) in [4.78, 5) is 9.56. The molecule has 18 heavy (non-hydrogen) atoms. The fourth-order valence-electron chi connectivity index (χ4n) is 1.73. The van der Waals surface area contributed by atoms with Gasteiger partial charge in [-0.1, -0.05) is 30.0 Å². The van der Waals surface area contributed by atoms with Gasteiger partial charge in [-0.25, -0.2) is 9.97 Å². The Balaban J connectivity index is 2.14. The monoisotopic (exact) mass is 257 g/mol. The molecule has 0 saturated heterocycles. The highest BCUT2D eigenvalue weighted by atomic mass is 32.2. The van der Waals surface area contributed by atoms with Gasteiger partial charge in [0.25, 0.3) is 0 Å². The summed E-state index contributed by atoms with van der Waals surface area (Å²) in [5.74, 6) is 1.17. The van der Waals surface area contributed by atoms with E-state index in [2.05, 4.69) is 9.97 Å². The number of fused-ring (bicyclic) bond motifs is 1. The van der Waals surface area contributed by atoms with Gasteiger partial charge in [0, 0.05) is 5.39 Å². The molecule has 2 aromatic heterocycles. The molecule has 2 N–H and O–H groups in total. The number of para-hydroxylation sites is 1. The Kier molecular flexibility index (Phi) is 2.68. The number of anilines is 1. The van der Waals surface area contributed by atoms with Crippen LogP contribution in [-0.2, 0) is 0 Å². The van der Waals surface area contributed by atoms with E-state index in [0.29, 0.717) is 0 Å². The van der Waals surface area contributed by atoms with Gasteiger partial charge in [0.1, 0.15) is 10.8 Å². The van der Waals surface area contributed by atoms with Crippen LogP contribution in [0.25, 0.3) is 10.9 Å². The van der Waals surface area contributed by atoms with E-state index in [4.69, 9.17) is 10.2 Å². The van der Waals surface area contributed by atoms with Crippen molar-refractivity contribution in [2.24, 2.45) is 0 Å². The van der Waals surface area contributed by atoms with Crippen LogP contribution < -0.4 is 5.73 Å². The average molecular weight is 257 g/mol. The fourth-order valence-corrected chi connectivity index (χ4v) is 2.67. The Morgan fingerprint density at radius 3 is 2.78 bits per heavy atom. The predicted molar refractivity (Wildman–Crippen MR) is 71.5 cm³/mol. The van der Waals surface area contributed by atoms with Gasteiger partial charge in [-0.05, 0) is 19.1 Å². The lowest BCUT2D eigenvalue weighted by Crippen LogP contribution is -1.97. The van der Waals surface area contributed by atoms with E-state index in [1.165, 1.54) is 11.8 Å². The molecule has 0 fully saturated rings. The number of hydrogen-bond acceptors (Lipinski definition) is 5. The number of hydrogen-bond donors (Lipinski definition) is 1. The van der Waals surface area contributed by atoms with Crippen molar-refractivity contribution in [3.63, 3.8) is 0 Å². The molecule has 3 aromatic rings. The minimum absolute atomic E-state index is 0.289. The molecule has 0 aliphatic rings. The lowest BCUT2D eigenvalue weighted by atomic mass is 10.2. The summed E-state index contributed by atoms with van der Waals surface area (Å²) in [5.41, 5.74) is 6.59. The second-order valence-corrected chi connectivity index (χ2v) is 4.88. The highest BCUT2D eigenvalue weighted by Crippen LogP contribution is 2.34. The molecule has 0 radical (unpaired) electrons. The van der Waals surface area contributed by atoms with Gasteiger partial charge in [0.05, 0.1) is 16.7 Å². The van der Waals surface area contributed by atoms with Crippen molar-refractivity contribution in [3.8, 4) is 0 Å². The van der Waals surface area contributed by atoms with Crippen LogP contribution in [0.2, 0.25) is 0 Å². The highest BCUT2D eigenvalue weighted by molar-refractivity contribution is 7.99. The lowest BCUT2D eigenvalue weighted by molar-refractivity contribution is 0.527. The van der Waals surface area contributed by atoms with Crippen LogP contribution in [-0.4, -0.2) is 9.97 Å². The molecule has 1 aromatic carbocycles. The first kappa shape index (κ1) is 11.1. The van der Waals surface area contributed by atoms with Gasteiger partial charge >= 0.3 is 0 Å². The molecule has 0 unspecified atom stereocenters. The topological polar surface area (TPSA) is 64.9 Å². The molecule has 0 saturated carbocycles. The van der Waals surface area contributed by atoms with Crippen LogP contribution in [0.5, 0.6) is 0 Å². The maximum atomic E-state index is 5.73. The number of furan rings is 1. The number of benzene rings is 1. The third-order valence-corrected chi connectivity index (χ3v) is 3.75. The third-order valence-electron chi connectivity index (χ3n) is 2.60. The van der Waals surface area contributed by atoms with Gasteiger partial charge in [-0.2, -0.15) is 0 Å². The van der Waals surface area contributed by atoms with E-state index < -0.39 is 0 Å². The molecule has 0 aliphatic heterocycles. The van der Waals surface area contributed by atoms with Crippen LogP contribution in [0, 0.1) is 6.92 Å². The third kappa shape index (κ3) is 1.93. The molecule has 0 amide bonds. The quantitative estimate of drug-likeness (QED) is 0.714. The number of nitrogen functional groups attached to an aromatic ring is 1. The Hall–Kier alpha value is -2.01. The van der Waals surface area contributed by atoms with E-state index in [0.717, 1.165) is 26.6 Å². The zero-order chi connectivity index (χ0) is 12.5. The fraction of sp³-hybridized carbons (Fsp3) is 0.0769. The molecular formula is C13H11N3OS. The lowest BCUT2D eigenvalue weighted by Gasteiger charge is -2.05. The largest absolute Gasteiger partial charge is 0.468 e. The molecule has 0 spiro atoms. The molecular weight excluding hydrogens is 246 g/mol. The van der Waals surface area contributed by atoms with E-state index in [1.54, 1.807) is 6.26 Å². The van der Waals surface area contributed by atoms with E-state index in [9.17, 15) is 0 Å². The van der Waals surface area contributed by atoms with Crippen molar-refractivity contribution in [2.75, 3.05) is 5.73 Å². The molecule has 0 bridgehead atoms. The van der Waals surface area contributed by atoms with Crippen LogP contribution >= 0.6 is 11.8 Å². The average Bonchev–Trinajstić information content (AvgIpc) is 2.75. The Morgan fingerprint density at radius 2 is 2.00 bits per heavy atom. The Bertz CT molecular complexity index is 708. The van der Waals surface area contributed by atoms with Crippen LogP contribution in [0.15, 0.2) is 50.9 Å². The molecule has 90 valence electrons. The number of rotatable bonds is 2. The van der Waals surface area contributed by atoms with Gasteiger partial charge in [-0.3, -0.25) is 0 Å². The predicted octanol–water partition coefficient (Wildman–Crippen LogP) is 3.26. The van der Waals surface area contributed by atoms with E-state index in [1.807, 2.05) is 37.3 Å². The first-order chi connectivity index (χ1) is 8.74. The van der Waals surface area contributed by atoms with Crippen molar-refractivity contribution in [1.29, 1.82) is 0 Å². The summed E-state index contributed by atoms with van der Waals surface area (Å²) >= 11 is 1.54. The smallest absolute Gasteiger partial charge is 0.221 e. The SMILES string of the molecule is Cc1occc1Sc1nc(N)nc2ccccc12. The first-order valence-electron chi connectivity index (χ1n) is 5.48. The number of nitrogens with zero attached hydrogens (tertiary/aromatic N) is 2. The summed E-state index contributed by atoms with van der Waals surface area (Å²) in [7, 11) is 0. The van der Waals surface area contributed by atoms with Crippen LogP contribution in [0.4, 0.5) is 5.95 Å². The zero-order valence-corrected chi connectivity index (χ0v) is 10.6. The highest BCUT2D eigenvalue weighted by Gasteiger charge is 2.10. The van der Waals surface area contributed by atoms with Gasteiger partial charge in [-0.15, -0.1) is 0 Å². The molecule has 0 atom stereocenters. The second kappa shape index (κ2) is 4.34. The molecule has 3 rings (SSSR count). The molecule has 4 nitrogen and oxygen atoms in total. The van der Waals surface area contributed by atoms with Crippen molar-refractivity contribution in [1.82, 2.24) is 9.97 Å². The molecule has 2 heterocycles. The van der Waals surface area contributed by atoms with Crippen LogP contribution in [0.3, 0.4) is 0 Å². The van der Waals surface area contributed by atoms with Crippen LogP contribution in [0.1, 0.15) is 5.76 Å². The Labute approximate surface area is 108 Å². The maximum absolute atomic E-state index is 5.73. The van der Waals surface area contributed by atoms with Gasteiger partial charge in [0.15, 0.2) is 0 Å². The summed E-state index contributed by atoms with van der Waals surface area (Å²) < 4.78 is 5.28. The summed E-state index contributed by atoms with van der Waals surface area (Å²) in [6.45, 7) is 1.93. The summed E-state index contributed by atoms with van der Waals surface area (Å²) in [5, 5.41) is 1.85. The van der Waals surface area contributed by atoms with Crippen molar-refractivity contribution < 1.29 is 4.42 Å². The van der Waals surface area contributed by atoms with Crippen molar-refractivity contribution in [3.05, 3.63) is 42.4 Å². The summed E-state index contributed by atoms with van der Waals surface area (Å²) in [6, 6.07) is 9.75. The van der Waals surface area contributed by atoms with Gasteiger partial charge in [0.2, 0.25) is 5.95 Å².